The number of hydrogen-bond donors (Lipinski definition) is 1. The predicted molar refractivity (Wildman–Crippen MR) is 113 cm³/mol. The van der Waals surface area contributed by atoms with Crippen LogP contribution in [0.2, 0.25) is 0 Å². The Morgan fingerprint density at radius 1 is 1.13 bits per heavy atom. The third-order valence-corrected chi connectivity index (χ3v) is 6.43. The number of aliphatic hydroxyl groups excluding tert-OH is 1. The maximum absolute atomic E-state index is 13.5. The van der Waals surface area contributed by atoms with Crippen LogP contribution in [0.4, 0.5) is 0 Å². The molecule has 154 valence electrons. The van der Waals surface area contributed by atoms with E-state index in [-0.39, 0.29) is 17.4 Å². The maximum atomic E-state index is 13.5. The normalized spacial score (nSPS) is 20.1. The number of hydrogen-bond acceptors (Lipinski definition) is 5. The Labute approximate surface area is 181 Å². The molecule has 1 aliphatic heterocycles. The van der Waals surface area contributed by atoms with Crippen LogP contribution in [0.1, 0.15) is 53.8 Å². The number of fused-ring (bicyclic) bond motifs is 1. The third kappa shape index (κ3) is 2.99. The number of halogens is 1. The lowest BCUT2D eigenvalue weighted by atomic mass is 9.98. The van der Waals surface area contributed by atoms with Gasteiger partial charge in [-0.3, -0.25) is 9.59 Å². The Kier molecular flexibility index (Phi) is 4.58. The van der Waals surface area contributed by atoms with Crippen LogP contribution in [-0.2, 0) is 4.79 Å². The number of aryl methyl sites for hydroxylation is 1. The van der Waals surface area contributed by atoms with Crippen LogP contribution in [0.15, 0.2) is 61.0 Å². The first-order valence-corrected chi connectivity index (χ1v) is 10.8. The molecule has 1 aliphatic carbocycles. The smallest absolute Gasteiger partial charge is 0.290 e. The largest absolute Gasteiger partial charge is 0.503 e. The van der Waals surface area contributed by atoms with E-state index < -0.39 is 23.5 Å². The summed E-state index contributed by atoms with van der Waals surface area (Å²) in [4.78, 5) is 28.1. The minimum Gasteiger partial charge on any atom is -0.503 e. The van der Waals surface area contributed by atoms with E-state index in [1.54, 1.807) is 29.2 Å². The van der Waals surface area contributed by atoms with Crippen molar-refractivity contribution < 1.29 is 23.5 Å². The van der Waals surface area contributed by atoms with E-state index in [4.69, 9.17) is 8.83 Å². The molecular weight excluding hydrogens is 450 g/mol. The molecule has 1 aromatic carbocycles. The van der Waals surface area contributed by atoms with Crippen molar-refractivity contribution in [3.8, 4) is 0 Å². The first kappa shape index (κ1) is 19.2. The number of rotatable bonds is 4. The molecule has 1 fully saturated rings. The van der Waals surface area contributed by atoms with Gasteiger partial charge in [0.15, 0.2) is 11.5 Å². The Balaban J connectivity index is 1.61. The molecule has 2 aromatic heterocycles. The Morgan fingerprint density at radius 2 is 1.90 bits per heavy atom. The van der Waals surface area contributed by atoms with E-state index in [1.165, 1.54) is 0 Å². The lowest BCUT2D eigenvalue weighted by Crippen LogP contribution is -2.38. The monoisotopic (exact) mass is 469 g/mol. The summed E-state index contributed by atoms with van der Waals surface area (Å²) in [6.07, 6.45) is 3.71. The topological polar surface area (TPSA) is 83.9 Å². The summed E-state index contributed by atoms with van der Waals surface area (Å²) in [5.74, 6) is -0.322. The van der Waals surface area contributed by atoms with Crippen LogP contribution < -0.4 is 0 Å². The molecule has 5 rings (SSSR count). The average molecular weight is 470 g/mol. The number of amides is 1. The fourth-order valence-corrected chi connectivity index (χ4v) is 4.93. The lowest BCUT2D eigenvalue weighted by molar-refractivity contribution is -0.132. The van der Waals surface area contributed by atoms with Gasteiger partial charge in [0.25, 0.3) is 5.91 Å². The van der Waals surface area contributed by atoms with Crippen molar-refractivity contribution in [2.24, 2.45) is 0 Å². The number of Topliss-reactive ketones (excluding diaryl/α,β-unsaturated/α-hetero) is 1. The molecule has 1 N–H and O–H groups in total. The van der Waals surface area contributed by atoms with Crippen molar-refractivity contribution in [1.29, 1.82) is 0 Å². The highest BCUT2D eigenvalue weighted by Crippen LogP contribution is 2.44. The molecule has 1 unspecified atom stereocenters. The number of ketones is 1. The zero-order valence-corrected chi connectivity index (χ0v) is 17.9. The van der Waals surface area contributed by atoms with Crippen molar-refractivity contribution in [2.45, 2.75) is 44.7 Å². The molecule has 30 heavy (non-hydrogen) atoms. The first-order chi connectivity index (χ1) is 14.4. The zero-order valence-electron chi connectivity index (χ0n) is 16.4. The van der Waals surface area contributed by atoms with Crippen LogP contribution in [-0.4, -0.2) is 27.7 Å². The first-order valence-electron chi connectivity index (χ1n) is 10.00. The van der Waals surface area contributed by atoms with Gasteiger partial charge in [-0.25, -0.2) is 0 Å². The van der Waals surface area contributed by atoms with Gasteiger partial charge >= 0.3 is 0 Å². The van der Waals surface area contributed by atoms with Crippen molar-refractivity contribution in [2.75, 3.05) is 0 Å². The van der Waals surface area contributed by atoms with Crippen LogP contribution in [0.25, 0.3) is 11.0 Å². The van der Waals surface area contributed by atoms with Gasteiger partial charge in [0.05, 0.1) is 5.57 Å². The molecule has 3 heterocycles. The second-order valence-corrected chi connectivity index (χ2v) is 8.80. The van der Waals surface area contributed by atoms with Crippen molar-refractivity contribution >= 4 is 38.6 Å². The Hall–Kier alpha value is -2.80. The van der Waals surface area contributed by atoms with Gasteiger partial charge in [0.2, 0.25) is 5.78 Å². The quantitative estimate of drug-likeness (QED) is 0.501. The minimum absolute atomic E-state index is 0.0133. The minimum atomic E-state index is -0.762. The molecule has 1 atom stereocenters. The van der Waals surface area contributed by atoms with Crippen molar-refractivity contribution in [1.82, 2.24) is 4.90 Å². The summed E-state index contributed by atoms with van der Waals surface area (Å²) in [6.45, 7) is 1.81. The molecule has 1 saturated carbocycles. The molecule has 0 bridgehead atoms. The van der Waals surface area contributed by atoms with E-state index in [2.05, 4.69) is 15.9 Å². The van der Waals surface area contributed by atoms with E-state index in [0.29, 0.717) is 17.1 Å². The van der Waals surface area contributed by atoms with Gasteiger partial charge in [0.1, 0.15) is 23.1 Å². The summed E-state index contributed by atoms with van der Waals surface area (Å²) < 4.78 is 12.4. The molecule has 7 heteroatoms. The number of nitrogens with zero attached hydrogens (tertiary/aromatic N) is 1. The van der Waals surface area contributed by atoms with Gasteiger partial charge in [0, 0.05) is 15.9 Å². The molecule has 0 radical (unpaired) electrons. The Bertz CT molecular complexity index is 1200. The highest BCUT2D eigenvalue weighted by molar-refractivity contribution is 9.10. The second-order valence-electron chi connectivity index (χ2n) is 7.89. The lowest BCUT2D eigenvalue weighted by Gasteiger charge is -2.30. The van der Waals surface area contributed by atoms with E-state index in [0.717, 1.165) is 35.5 Å². The zero-order chi connectivity index (χ0) is 21.0. The molecule has 3 aromatic rings. The van der Waals surface area contributed by atoms with Gasteiger partial charge < -0.3 is 18.8 Å². The molecule has 2 aliphatic rings. The average Bonchev–Trinajstić information content (AvgIpc) is 3.49. The van der Waals surface area contributed by atoms with Crippen LogP contribution in [0.5, 0.6) is 0 Å². The highest BCUT2D eigenvalue weighted by atomic mass is 79.9. The number of furan rings is 2. The maximum Gasteiger partial charge on any atom is 0.290 e. The third-order valence-electron chi connectivity index (χ3n) is 5.94. The number of carbonyl (C=O) groups is 2. The summed E-state index contributed by atoms with van der Waals surface area (Å²) in [5.41, 5.74) is 0.573. The SMILES string of the molecule is Cc1ccc(C2C(C(=O)c3cc4cc(Br)ccc4o3)=C(O)C(=O)N2C2CCCC2)o1. The molecule has 6 nitrogen and oxygen atoms in total. The van der Waals surface area contributed by atoms with Gasteiger partial charge in [-0.2, -0.15) is 0 Å². The molecule has 0 saturated heterocycles. The number of aliphatic hydroxyl groups is 1. The number of carbonyl (C=O) groups excluding carboxylic acids is 2. The predicted octanol–water partition coefficient (Wildman–Crippen LogP) is 5.62. The van der Waals surface area contributed by atoms with E-state index >= 15 is 0 Å². The van der Waals surface area contributed by atoms with E-state index in [9.17, 15) is 14.7 Å². The van der Waals surface area contributed by atoms with Crippen LogP contribution >= 0.6 is 15.9 Å². The number of benzene rings is 1. The van der Waals surface area contributed by atoms with Crippen LogP contribution in [0, 0.1) is 6.92 Å². The van der Waals surface area contributed by atoms with Gasteiger partial charge in [-0.1, -0.05) is 28.8 Å². The summed E-state index contributed by atoms with van der Waals surface area (Å²) in [5, 5.41) is 11.5. The summed E-state index contributed by atoms with van der Waals surface area (Å²) >= 11 is 3.41. The summed E-state index contributed by atoms with van der Waals surface area (Å²) in [6, 6.07) is 9.83. The van der Waals surface area contributed by atoms with Crippen molar-refractivity contribution in [3.63, 3.8) is 0 Å². The highest BCUT2D eigenvalue weighted by Gasteiger charge is 2.49. The fraction of sp³-hybridized carbons (Fsp3) is 0.304. The second kappa shape index (κ2) is 7.16. The van der Waals surface area contributed by atoms with Gasteiger partial charge in [-0.15, -0.1) is 0 Å². The molecular formula is C23H20BrNO5. The Morgan fingerprint density at radius 3 is 2.60 bits per heavy atom. The van der Waals surface area contributed by atoms with Gasteiger partial charge in [-0.05, 0) is 56.2 Å². The fourth-order valence-electron chi connectivity index (χ4n) is 4.55. The molecule has 0 spiro atoms. The van der Waals surface area contributed by atoms with Crippen molar-refractivity contribution in [3.05, 3.63) is 69.5 Å². The molecule has 1 amide bonds. The van der Waals surface area contributed by atoms with E-state index in [1.807, 2.05) is 19.1 Å². The van der Waals surface area contributed by atoms with Crippen LogP contribution in [0.3, 0.4) is 0 Å². The summed E-state index contributed by atoms with van der Waals surface area (Å²) in [7, 11) is 0. The standard InChI is InChI=1S/C23H20BrNO5/c1-12-6-8-17(29-12)20-19(22(27)23(28)25(20)15-4-2-3-5-15)21(26)18-11-13-10-14(24)7-9-16(13)30-18/h6-11,15,20,27H,2-5H2,1H3.